The van der Waals surface area contributed by atoms with E-state index in [1.165, 1.54) is 19.5 Å². The third-order valence-corrected chi connectivity index (χ3v) is 4.99. The zero-order valence-corrected chi connectivity index (χ0v) is 14.0. The van der Waals surface area contributed by atoms with Gasteiger partial charge in [0.1, 0.15) is 17.2 Å². The number of ether oxygens (including phenoxy) is 1. The van der Waals surface area contributed by atoms with Crippen molar-refractivity contribution < 1.29 is 14.6 Å². The third-order valence-electron chi connectivity index (χ3n) is 4.99. The smallest absolute Gasteiger partial charge is 0.251 e. The summed E-state index contributed by atoms with van der Waals surface area (Å²) in [7, 11) is 0. The molecule has 2 bridgehead atoms. The lowest BCUT2D eigenvalue weighted by Gasteiger charge is -2.30. The Balaban J connectivity index is 1.36. The van der Waals surface area contributed by atoms with Crippen LogP contribution in [0.25, 0.3) is 0 Å². The molecule has 5 nitrogen and oxygen atoms in total. The van der Waals surface area contributed by atoms with E-state index in [4.69, 9.17) is 4.74 Å². The van der Waals surface area contributed by atoms with Crippen molar-refractivity contribution in [3.8, 4) is 17.2 Å². The number of amides is 1. The Hall–Kier alpha value is -2.53. The first-order valence-electron chi connectivity index (χ1n) is 8.76. The molecule has 130 valence electrons. The van der Waals surface area contributed by atoms with Crippen molar-refractivity contribution >= 4 is 5.91 Å². The molecule has 3 atom stereocenters. The molecule has 0 radical (unpaired) electrons. The van der Waals surface area contributed by atoms with Crippen LogP contribution in [0.3, 0.4) is 0 Å². The van der Waals surface area contributed by atoms with Gasteiger partial charge in [-0.25, -0.2) is 0 Å². The van der Waals surface area contributed by atoms with E-state index in [0.717, 1.165) is 18.9 Å². The summed E-state index contributed by atoms with van der Waals surface area (Å²) in [5.41, 5.74) is 0.644. The number of nitrogens with one attached hydrogen (secondary N) is 1. The summed E-state index contributed by atoms with van der Waals surface area (Å²) in [6.45, 7) is 3.32. The third kappa shape index (κ3) is 3.77. The first kappa shape index (κ1) is 16.0. The molecule has 2 aliphatic rings. The number of piperidine rings is 1. The fraction of sp³-hybridized carbons (Fsp3) is 0.350. The number of carbonyl (C=O) groups excluding carboxylic acids is 1. The Labute approximate surface area is 147 Å². The van der Waals surface area contributed by atoms with Crippen molar-refractivity contribution in [1.82, 2.24) is 10.2 Å². The van der Waals surface area contributed by atoms with Crippen LogP contribution >= 0.6 is 0 Å². The first-order valence-corrected chi connectivity index (χ1v) is 8.76. The molecule has 2 heterocycles. The number of aromatic hydroxyl groups is 1. The zero-order valence-electron chi connectivity index (χ0n) is 14.0. The number of fused-ring (bicyclic) bond motifs is 2. The van der Waals surface area contributed by atoms with Crippen LogP contribution < -0.4 is 10.1 Å². The van der Waals surface area contributed by atoms with Gasteiger partial charge in [-0.05, 0) is 73.8 Å². The second-order valence-corrected chi connectivity index (χ2v) is 6.94. The monoisotopic (exact) mass is 338 g/mol. The van der Waals surface area contributed by atoms with Crippen molar-refractivity contribution in [3.05, 3.63) is 54.1 Å². The largest absolute Gasteiger partial charge is 0.508 e. The lowest BCUT2D eigenvalue weighted by Crippen LogP contribution is -2.46. The van der Waals surface area contributed by atoms with Gasteiger partial charge in [0, 0.05) is 24.7 Å². The predicted molar refractivity (Wildman–Crippen MR) is 95.0 cm³/mol. The van der Waals surface area contributed by atoms with Crippen LogP contribution in [0.15, 0.2) is 48.5 Å². The highest BCUT2D eigenvalue weighted by Gasteiger charge is 2.32. The van der Waals surface area contributed by atoms with Gasteiger partial charge in [-0.2, -0.15) is 0 Å². The summed E-state index contributed by atoms with van der Waals surface area (Å²) < 4.78 is 5.70. The highest BCUT2D eigenvalue weighted by molar-refractivity contribution is 5.94. The number of rotatable bonds is 4. The second-order valence-electron chi connectivity index (χ2n) is 6.94. The molecule has 2 aliphatic heterocycles. The van der Waals surface area contributed by atoms with E-state index in [-0.39, 0.29) is 17.7 Å². The molecule has 0 saturated carbocycles. The standard InChI is InChI=1S/C20H22N2O3/c23-17-3-7-19(8-4-17)25-18-5-1-15(2-6-18)20(24)21-16-11-14-9-10-22(12-14)13-16/h1-8,14,16,23H,9-13H2,(H,21,24). The van der Waals surface area contributed by atoms with Gasteiger partial charge >= 0.3 is 0 Å². The van der Waals surface area contributed by atoms with Crippen molar-refractivity contribution in [1.29, 1.82) is 0 Å². The molecular weight excluding hydrogens is 316 g/mol. The van der Waals surface area contributed by atoms with Crippen LogP contribution in [0.4, 0.5) is 0 Å². The SMILES string of the molecule is O=C(NC1CC2CCN(C2)C1)c1ccc(Oc2ccc(O)cc2)cc1. The molecule has 0 aromatic heterocycles. The van der Waals surface area contributed by atoms with Crippen LogP contribution in [-0.4, -0.2) is 41.6 Å². The van der Waals surface area contributed by atoms with Gasteiger partial charge in [-0.15, -0.1) is 0 Å². The maximum absolute atomic E-state index is 12.5. The second kappa shape index (κ2) is 6.76. The molecule has 0 aliphatic carbocycles. The van der Waals surface area contributed by atoms with Crippen molar-refractivity contribution in [3.63, 3.8) is 0 Å². The van der Waals surface area contributed by atoms with Crippen LogP contribution in [0, 0.1) is 5.92 Å². The summed E-state index contributed by atoms with van der Waals surface area (Å²) in [6.07, 6.45) is 2.35. The van der Waals surface area contributed by atoms with Gasteiger partial charge in [-0.3, -0.25) is 4.79 Å². The number of benzene rings is 2. The molecule has 1 amide bonds. The van der Waals surface area contributed by atoms with E-state index in [9.17, 15) is 9.90 Å². The number of hydrogen-bond acceptors (Lipinski definition) is 4. The van der Waals surface area contributed by atoms with Crippen LogP contribution in [-0.2, 0) is 0 Å². The van der Waals surface area contributed by atoms with Gasteiger partial charge in [0.25, 0.3) is 5.91 Å². The van der Waals surface area contributed by atoms with E-state index >= 15 is 0 Å². The highest BCUT2D eigenvalue weighted by Crippen LogP contribution is 2.27. The highest BCUT2D eigenvalue weighted by atomic mass is 16.5. The fourth-order valence-corrected chi connectivity index (χ4v) is 3.76. The molecule has 2 aromatic carbocycles. The lowest BCUT2D eigenvalue weighted by atomic mass is 9.96. The van der Waals surface area contributed by atoms with E-state index in [0.29, 0.717) is 17.1 Å². The Morgan fingerprint density at radius 3 is 2.40 bits per heavy atom. The Morgan fingerprint density at radius 1 is 1.04 bits per heavy atom. The van der Waals surface area contributed by atoms with Crippen LogP contribution in [0.2, 0.25) is 0 Å². The summed E-state index contributed by atoms with van der Waals surface area (Å²) >= 11 is 0. The van der Waals surface area contributed by atoms with Crippen molar-refractivity contribution in [2.45, 2.75) is 18.9 Å². The number of phenols is 1. The Bertz CT molecular complexity index is 731. The topological polar surface area (TPSA) is 61.8 Å². The van der Waals surface area contributed by atoms with Crippen molar-refractivity contribution in [2.24, 2.45) is 5.92 Å². The molecule has 2 saturated heterocycles. The molecular formula is C20H22N2O3. The van der Waals surface area contributed by atoms with E-state index in [1.807, 2.05) is 0 Å². The van der Waals surface area contributed by atoms with Gasteiger partial charge in [0.15, 0.2) is 0 Å². The molecule has 0 spiro atoms. The minimum Gasteiger partial charge on any atom is -0.508 e. The molecule has 2 fully saturated rings. The number of hydrogen-bond donors (Lipinski definition) is 2. The summed E-state index contributed by atoms with van der Waals surface area (Å²) in [6, 6.07) is 13.9. The molecule has 2 aromatic rings. The zero-order chi connectivity index (χ0) is 17.2. The average molecular weight is 338 g/mol. The molecule has 25 heavy (non-hydrogen) atoms. The Kier molecular flexibility index (Phi) is 4.32. The van der Waals surface area contributed by atoms with Gasteiger partial charge in [0.05, 0.1) is 0 Å². The van der Waals surface area contributed by atoms with Crippen LogP contribution in [0.5, 0.6) is 17.2 Å². The minimum atomic E-state index is -0.0244. The maximum atomic E-state index is 12.5. The molecule has 2 N–H and O–H groups in total. The number of carbonyl (C=O) groups is 1. The lowest BCUT2D eigenvalue weighted by molar-refractivity contribution is 0.0909. The van der Waals surface area contributed by atoms with Gasteiger partial charge < -0.3 is 20.1 Å². The molecule has 3 unspecified atom stereocenters. The maximum Gasteiger partial charge on any atom is 0.251 e. The number of nitrogens with zero attached hydrogens (tertiary/aromatic N) is 1. The number of phenolic OH excluding ortho intramolecular Hbond substituents is 1. The Morgan fingerprint density at radius 2 is 1.72 bits per heavy atom. The summed E-state index contributed by atoms with van der Waals surface area (Å²) in [4.78, 5) is 14.9. The first-order chi connectivity index (χ1) is 12.2. The van der Waals surface area contributed by atoms with E-state index in [1.54, 1.807) is 48.5 Å². The molecule has 5 heteroatoms. The van der Waals surface area contributed by atoms with E-state index < -0.39 is 0 Å². The summed E-state index contributed by atoms with van der Waals surface area (Å²) in [5, 5.41) is 12.5. The van der Waals surface area contributed by atoms with E-state index in [2.05, 4.69) is 10.2 Å². The quantitative estimate of drug-likeness (QED) is 0.900. The van der Waals surface area contributed by atoms with Crippen molar-refractivity contribution in [2.75, 3.05) is 19.6 Å². The summed E-state index contributed by atoms with van der Waals surface area (Å²) in [5.74, 6) is 2.21. The van der Waals surface area contributed by atoms with Gasteiger partial charge in [0.2, 0.25) is 0 Å². The minimum absolute atomic E-state index is 0.0244. The van der Waals surface area contributed by atoms with Crippen LogP contribution in [0.1, 0.15) is 23.2 Å². The normalized spacial score (nSPS) is 24.7. The fourth-order valence-electron chi connectivity index (χ4n) is 3.76. The predicted octanol–water partition coefficient (Wildman–Crippen LogP) is 3.01. The average Bonchev–Trinajstić information content (AvgIpc) is 2.96. The van der Waals surface area contributed by atoms with Gasteiger partial charge in [-0.1, -0.05) is 0 Å². The molecule has 4 rings (SSSR count).